The van der Waals surface area contributed by atoms with Crippen LogP contribution >= 0.6 is 0 Å². The molecule has 0 aromatic rings. The average molecular weight is 515 g/mol. The van der Waals surface area contributed by atoms with E-state index >= 15 is 0 Å². The number of ether oxygens (including phenoxy) is 3. The van der Waals surface area contributed by atoms with E-state index in [-0.39, 0.29) is 24.1 Å². The zero-order chi connectivity index (χ0) is 26.7. The molecule has 0 amide bonds. The van der Waals surface area contributed by atoms with Crippen molar-refractivity contribution >= 4 is 11.9 Å². The maximum absolute atomic E-state index is 13.6. The number of fused-ring (bicyclic) bond motifs is 2. The average Bonchev–Trinajstić information content (AvgIpc) is 3.16. The Morgan fingerprint density at radius 3 is 1.49 bits per heavy atom. The Labute approximate surface area is 224 Å². The van der Waals surface area contributed by atoms with Gasteiger partial charge in [0.2, 0.25) is 0 Å². The van der Waals surface area contributed by atoms with Crippen LogP contribution in [-0.4, -0.2) is 24.1 Å². The molecule has 2 aliphatic heterocycles. The number of carbonyl (C=O) groups is 2. The lowest BCUT2D eigenvalue weighted by atomic mass is 9.73. The van der Waals surface area contributed by atoms with E-state index in [4.69, 9.17) is 14.2 Å². The second-order valence-electron chi connectivity index (χ2n) is 13.1. The van der Waals surface area contributed by atoms with Crippen LogP contribution in [0.4, 0.5) is 0 Å². The summed E-state index contributed by atoms with van der Waals surface area (Å²) >= 11 is 0. The summed E-state index contributed by atoms with van der Waals surface area (Å²) in [7, 11) is 0. The summed E-state index contributed by atoms with van der Waals surface area (Å²) in [5.41, 5.74) is 0. The summed E-state index contributed by atoms with van der Waals surface area (Å²) in [6, 6.07) is 0. The first-order valence-corrected chi connectivity index (χ1v) is 15.1. The van der Waals surface area contributed by atoms with Crippen LogP contribution in [0.3, 0.4) is 0 Å². The molecule has 5 heteroatoms. The first-order valence-electron chi connectivity index (χ1n) is 15.1. The standard InChI is InChI=1S/C32H50O5/c1-19(2)27-13-11-25(15-21(27)5)36-31(33)29-17-23-9-7-8-10-24(35-23)18-30(29)32(34)37-26-12-14-28(20(3)4)22(6)16-26/h17-22,25-30H,7-16H2,1-6H3/t21-,22-,25-,26-,27+,28+,29-,30+/m1/s1. The largest absolute Gasteiger partial charge is 0.467 e. The molecule has 1 saturated heterocycles. The molecule has 0 N–H and O–H groups in total. The van der Waals surface area contributed by atoms with Crippen LogP contribution in [0.15, 0.2) is 23.7 Å². The molecule has 3 fully saturated rings. The van der Waals surface area contributed by atoms with Gasteiger partial charge in [0.25, 0.3) is 0 Å². The van der Waals surface area contributed by atoms with E-state index in [2.05, 4.69) is 41.5 Å². The highest BCUT2D eigenvalue weighted by atomic mass is 16.6. The van der Waals surface area contributed by atoms with Crippen LogP contribution in [0, 0.1) is 47.3 Å². The Bertz CT molecular complexity index is 800. The lowest BCUT2D eigenvalue weighted by Crippen LogP contribution is -2.38. The van der Waals surface area contributed by atoms with Crippen molar-refractivity contribution < 1.29 is 23.8 Å². The summed E-state index contributed by atoms with van der Waals surface area (Å²) in [6.07, 6.45) is 12.9. The van der Waals surface area contributed by atoms with Crippen molar-refractivity contribution in [2.45, 2.75) is 118 Å². The fourth-order valence-corrected chi connectivity index (χ4v) is 7.56. The van der Waals surface area contributed by atoms with Crippen molar-refractivity contribution in [3.05, 3.63) is 23.7 Å². The van der Waals surface area contributed by atoms with Gasteiger partial charge in [0.1, 0.15) is 23.7 Å². The van der Waals surface area contributed by atoms with Gasteiger partial charge in [-0.2, -0.15) is 0 Å². The molecular weight excluding hydrogens is 464 g/mol. The van der Waals surface area contributed by atoms with Crippen molar-refractivity contribution in [1.82, 2.24) is 0 Å². The van der Waals surface area contributed by atoms with E-state index in [0.717, 1.165) is 75.7 Å². The molecule has 0 radical (unpaired) electrons. The Morgan fingerprint density at radius 2 is 1.14 bits per heavy atom. The Kier molecular flexibility index (Phi) is 9.45. The first kappa shape index (κ1) is 28.2. The van der Waals surface area contributed by atoms with E-state index < -0.39 is 11.8 Å². The Hall–Kier alpha value is -1.78. The SMILES string of the molecule is CC(C)[C@@H]1CC[C@@H](OC(=O)[C@H]2C=C3CCCCC(=C[C@H]2C(=O)O[C@@H]2CC[C@@H](C(C)C)[C@H](C)C2)O3)C[C@H]1C. The van der Waals surface area contributed by atoms with Gasteiger partial charge in [-0.3, -0.25) is 9.59 Å². The summed E-state index contributed by atoms with van der Waals surface area (Å²) in [4.78, 5) is 27.3. The van der Waals surface area contributed by atoms with E-state index in [1.165, 1.54) is 0 Å². The van der Waals surface area contributed by atoms with Crippen LogP contribution < -0.4 is 0 Å². The first-order chi connectivity index (χ1) is 17.6. The van der Waals surface area contributed by atoms with Gasteiger partial charge in [0, 0.05) is 12.8 Å². The molecule has 2 heterocycles. The number of hydrogen-bond acceptors (Lipinski definition) is 5. The number of rotatable bonds is 6. The predicted molar refractivity (Wildman–Crippen MR) is 145 cm³/mol. The van der Waals surface area contributed by atoms with Gasteiger partial charge in [-0.15, -0.1) is 0 Å². The number of esters is 2. The molecule has 37 heavy (non-hydrogen) atoms. The highest BCUT2D eigenvalue weighted by molar-refractivity contribution is 5.85. The summed E-state index contributed by atoms with van der Waals surface area (Å²) in [6.45, 7) is 13.7. The molecule has 0 unspecified atom stereocenters. The quantitative estimate of drug-likeness (QED) is 0.342. The molecule has 4 rings (SSSR count). The smallest absolute Gasteiger partial charge is 0.314 e. The second kappa shape index (κ2) is 12.4. The molecule has 8 atom stereocenters. The zero-order valence-corrected chi connectivity index (χ0v) is 24.0. The maximum atomic E-state index is 13.6. The maximum Gasteiger partial charge on any atom is 0.314 e. The van der Waals surface area contributed by atoms with Crippen LogP contribution in [0.5, 0.6) is 0 Å². The van der Waals surface area contributed by atoms with Crippen LogP contribution in [-0.2, 0) is 23.8 Å². The minimum atomic E-state index is -0.694. The van der Waals surface area contributed by atoms with Crippen molar-refractivity contribution in [3.8, 4) is 0 Å². The summed E-state index contributed by atoms with van der Waals surface area (Å²) in [5, 5.41) is 0. The zero-order valence-electron chi connectivity index (χ0n) is 24.0. The van der Waals surface area contributed by atoms with E-state index in [1.54, 1.807) is 0 Å². The van der Waals surface area contributed by atoms with Gasteiger partial charge < -0.3 is 14.2 Å². The third-order valence-electron chi connectivity index (χ3n) is 9.67. The lowest BCUT2D eigenvalue weighted by Gasteiger charge is -2.37. The molecule has 208 valence electrons. The van der Waals surface area contributed by atoms with E-state index in [9.17, 15) is 9.59 Å². The monoisotopic (exact) mass is 514 g/mol. The van der Waals surface area contributed by atoms with Crippen molar-refractivity contribution in [2.75, 3.05) is 0 Å². The second-order valence-corrected chi connectivity index (χ2v) is 13.1. The van der Waals surface area contributed by atoms with Gasteiger partial charge in [0.15, 0.2) is 0 Å². The minimum Gasteiger partial charge on any atom is -0.467 e. The predicted octanol–water partition coefficient (Wildman–Crippen LogP) is 7.60. The molecule has 5 nitrogen and oxygen atoms in total. The third-order valence-corrected chi connectivity index (χ3v) is 9.67. The molecule has 4 aliphatic rings. The fourth-order valence-electron chi connectivity index (χ4n) is 7.56. The Morgan fingerprint density at radius 1 is 0.730 bits per heavy atom. The minimum absolute atomic E-state index is 0.0845. The van der Waals surface area contributed by atoms with Crippen molar-refractivity contribution in [1.29, 1.82) is 0 Å². The molecule has 2 bridgehead atoms. The third kappa shape index (κ3) is 7.00. The number of carbonyl (C=O) groups excluding carboxylic acids is 2. The number of hydrogen-bond donors (Lipinski definition) is 0. The van der Waals surface area contributed by atoms with Crippen LogP contribution in [0.1, 0.15) is 106 Å². The van der Waals surface area contributed by atoms with Crippen LogP contribution in [0.25, 0.3) is 0 Å². The summed E-state index contributed by atoms with van der Waals surface area (Å²) in [5.74, 6) is 3.27. The molecule has 2 saturated carbocycles. The highest BCUT2D eigenvalue weighted by Crippen LogP contribution is 2.40. The highest BCUT2D eigenvalue weighted by Gasteiger charge is 2.41. The van der Waals surface area contributed by atoms with Gasteiger partial charge in [-0.05, 0) is 99.0 Å². The molecule has 2 aliphatic carbocycles. The molecule has 0 aromatic carbocycles. The van der Waals surface area contributed by atoms with E-state index in [0.29, 0.717) is 35.5 Å². The van der Waals surface area contributed by atoms with Crippen molar-refractivity contribution in [2.24, 2.45) is 47.3 Å². The normalized spacial score (nSPS) is 36.5. The summed E-state index contributed by atoms with van der Waals surface area (Å²) < 4.78 is 18.4. The molecular formula is C32H50O5. The van der Waals surface area contributed by atoms with Gasteiger partial charge in [0.05, 0.1) is 11.8 Å². The van der Waals surface area contributed by atoms with Gasteiger partial charge in [-0.1, -0.05) is 41.5 Å². The van der Waals surface area contributed by atoms with Gasteiger partial charge in [-0.25, -0.2) is 0 Å². The fraction of sp³-hybridized carbons (Fsp3) is 0.812. The van der Waals surface area contributed by atoms with E-state index in [1.807, 2.05) is 12.2 Å². The number of allylic oxidation sites excluding steroid dienone is 2. The Balaban J connectivity index is 1.47. The molecule has 0 aromatic heterocycles. The lowest BCUT2D eigenvalue weighted by molar-refractivity contribution is -0.166. The van der Waals surface area contributed by atoms with Crippen LogP contribution in [0.2, 0.25) is 0 Å². The van der Waals surface area contributed by atoms with Crippen molar-refractivity contribution in [3.63, 3.8) is 0 Å². The molecule has 0 spiro atoms. The topological polar surface area (TPSA) is 61.8 Å². The van der Waals surface area contributed by atoms with Gasteiger partial charge >= 0.3 is 11.9 Å².